The molecule has 0 atom stereocenters. The molecule has 3 rings (SSSR count). The van der Waals surface area contributed by atoms with Crippen molar-refractivity contribution < 1.29 is 14.3 Å². The smallest absolute Gasteiger partial charge is 0.258 e. The van der Waals surface area contributed by atoms with Crippen LogP contribution in [0.2, 0.25) is 0 Å². The number of ether oxygens (including phenoxy) is 2. The number of aryl methyl sites for hydroxylation is 1. The highest BCUT2D eigenvalue weighted by molar-refractivity contribution is 6.10. The number of pyridine rings is 1. The fourth-order valence-corrected chi connectivity index (χ4v) is 2.76. The Morgan fingerprint density at radius 1 is 1.03 bits per heavy atom. The van der Waals surface area contributed by atoms with Gasteiger partial charge in [0.05, 0.1) is 26.5 Å². The molecule has 0 aliphatic carbocycles. The van der Waals surface area contributed by atoms with Crippen molar-refractivity contribution in [2.24, 2.45) is 4.99 Å². The van der Waals surface area contributed by atoms with Gasteiger partial charge in [0.1, 0.15) is 11.5 Å². The van der Waals surface area contributed by atoms with Crippen LogP contribution in [0.5, 0.6) is 11.5 Å². The molecule has 0 spiro atoms. The molecule has 1 amide bonds. The fourth-order valence-electron chi connectivity index (χ4n) is 2.76. The number of aliphatic imine (C=N–C) groups is 1. The van der Waals surface area contributed by atoms with Crippen LogP contribution < -0.4 is 20.1 Å². The van der Waals surface area contributed by atoms with Crippen molar-refractivity contribution in [2.45, 2.75) is 13.5 Å². The van der Waals surface area contributed by atoms with Crippen molar-refractivity contribution in [3.05, 3.63) is 83.7 Å². The van der Waals surface area contributed by atoms with Gasteiger partial charge in [-0.25, -0.2) is 4.99 Å². The topological polar surface area (TPSA) is 84.8 Å². The van der Waals surface area contributed by atoms with E-state index in [2.05, 4.69) is 20.6 Å². The second kappa shape index (κ2) is 10.1. The number of anilines is 1. The summed E-state index contributed by atoms with van der Waals surface area (Å²) in [5.74, 6) is 1.25. The summed E-state index contributed by atoms with van der Waals surface area (Å²) in [5.41, 5.74) is 3.18. The van der Waals surface area contributed by atoms with E-state index >= 15 is 0 Å². The van der Waals surface area contributed by atoms with Gasteiger partial charge < -0.3 is 14.8 Å². The van der Waals surface area contributed by atoms with Gasteiger partial charge in [-0.2, -0.15) is 0 Å². The monoisotopic (exact) mass is 404 g/mol. The molecule has 1 heterocycles. The van der Waals surface area contributed by atoms with Gasteiger partial charge in [-0.1, -0.05) is 12.1 Å². The molecule has 3 aromatic rings. The minimum atomic E-state index is -0.304. The lowest BCUT2D eigenvalue weighted by Gasteiger charge is -2.15. The average molecular weight is 404 g/mol. The summed E-state index contributed by atoms with van der Waals surface area (Å²) in [5, 5.41) is 6.03. The van der Waals surface area contributed by atoms with Crippen LogP contribution in [0.25, 0.3) is 0 Å². The molecule has 7 heteroatoms. The number of rotatable bonds is 6. The molecule has 2 aromatic carbocycles. The lowest BCUT2D eigenvalue weighted by molar-refractivity contribution is 0.0976. The van der Waals surface area contributed by atoms with Crippen LogP contribution in [0.1, 0.15) is 21.5 Å². The van der Waals surface area contributed by atoms with Gasteiger partial charge in [-0.15, -0.1) is 0 Å². The number of benzene rings is 2. The van der Waals surface area contributed by atoms with E-state index < -0.39 is 0 Å². The predicted molar refractivity (Wildman–Crippen MR) is 117 cm³/mol. The minimum Gasteiger partial charge on any atom is -0.497 e. The van der Waals surface area contributed by atoms with Crippen molar-refractivity contribution in [2.75, 3.05) is 19.5 Å². The third-order valence-corrected chi connectivity index (χ3v) is 4.34. The number of hydrogen-bond acceptors (Lipinski definition) is 5. The number of nitrogens with zero attached hydrogens (tertiary/aromatic N) is 2. The van der Waals surface area contributed by atoms with Gasteiger partial charge in [0.25, 0.3) is 5.91 Å². The first-order valence-corrected chi connectivity index (χ1v) is 9.39. The summed E-state index contributed by atoms with van der Waals surface area (Å²) in [7, 11) is 3.16. The van der Waals surface area contributed by atoms with Crippen molar-refractivity contribution >= 4 is 17.6 Å². The number of amides is 1. The van der Waals surface area contributed by atoms with E-state index in [0.717, 1.165) is 11.1 Å². The molecule has 7 nitrogen and oxygen atoms in total. The standard InChI is InChI=1S/C23H24N4O3/c1-16-7-8-21(30-3)20(13-16)26-23(25-15-17-9-11-24-12-10-17)27-22(28)18-5-4-6-19(14-18)29-2/h4-14H,15H2,1-3H3,(H2,25,26,27,28). The van der Waals surface area contributed by atoms with Crippen molar-refractivity contribution in [1.82, 2.24) is 10.3 Å². The Morgan fingerprint density at radius 3 is 2.57 bits per heavy atom. The van der Waals surface area contributed by atoms with Gasteiger partial charge in [-0.3, -0.25) is 15.1 Å². The number of aromatic nitrogens is 1. The normalized spacial score (nSPS) is 11.0. The molecular weight excluding hydrogens is 380 g/mol. The van der Waals surface area contributed by atoms with Crippen molar-refractivity contribution in [3.8, 4) is 11.5 Å². The Labute approximate surface area is 175 Å². The molecule has 0 saturated heterocycles. The van der Waals surface area contributed by atoms with Crippen LogP contribution in [-0.2, 0) is 6.54 Å². The van der Waals surface area contributed by atoms with Gasteiger partial charge in [0, 0.05) is 18.0 Å². The van der Waals surface area contributed by atoms with Crippen LogP contribution in [0, 0.1) is 6.92 Å². The lowest BCUT2D eigenvalue weighted by atomic mass is 10.2. The van der Waals surface area contributed by atoms with Crippen molar-refractivity contribution in [1.29, 1.82) is 0 Å². The summed E-state index contributed by atoms with van der Waals surface area (Å²) in [6.07, 6.45) is 3.41. The van der Waals surface area contributed by atoms with Crippen LogP contribution in [-0.4, -0.2) is 31.1 Å². The van der Waals surface area contributed by atoms with E-state index in [9.17, 15) is 4.79 Å². The number of hydrogen-bond donors (Lipinski definition) is 2. The molecule has 30 heavy (non-hydrogen) atoms. The quantitative estimate of drug-likeness (QED) is 0.482. The van der Waals surface area contributed by atoms with E-state index in [4.69, 9.17) is 9.47 Å². The maximum atomic E-state index is 12.8. The van der Waals surface area contributed by atoms with Crippen molar-refractivity contribution in [3.63, 3.8) is 0 Å². The summed E-state index contributed by atoms with van der Waals surface area (Å²) >= 11 is 0. The molecule has 0 radical (unpaired) electrons. The first-order valence-electron chi connectivity index (χ1n) is 9.39. The lowest BCUT2D eigenvalue weighted by Crippen LogP contribution is -2.36. The molecule has 0 bridgehead atoms. The highest BCUT2D eigenvalue weighted by Gasteiger charge is 2.12. The van der Waals surface area contributed by atoms with Crippen LogP contribution in [0.3, 0.4) is 0 Å². The molecule has 0 unspecified atom stereocenters. The first-order chi connectivity index (χ1) is 14.6. The summed E-state index contributed by atoms with van der Waals surface area (Å²) < 4.78 is 10.6. The molecular formula is C23H24N4O3. The number of nitrogens with one attached hydrogen (secondary N) is 2. The first kappa shape index (κ1) is 20.9. The maximum absolute atomic E-state index is 12.8. The molecule has 1 aromatic heterocycles. The molecule has 154 valence electrons. The van der Waals surface area contributed by atoms with Gasteiger partial charge in [0.2, 0.25) is 5.96 Å². The fraction of sp³-hybridized carbons (Fsp3) is 0.174. The van der Waals surface area contributed by atoms with Crippen LogP contribution in [0.4, 0.5) is 5.69 Å². The highest BCUT2D eigenvalue weighted by Crippen LogP contribution is 2.25. The van der Waals surface area contributed by atoms with Crippen LogP contribution in [0.15, 0.2) is 72.0 Å². The largest absolute Gasteiger partial charge is 0.497 e. The van der Waals surface area contributed by atoms with Gasteiger partial charge in [0.15, 0.2) is 0 Å². The summed E-state index contributed by atoms with van der Waals surface area (Å²) in [6, 6.07) is 16.4. The third kappa shape index (κ3) is 5.57. The molecule has 0 aliphatic rings. The second-order valence-corrected chi connectivity index (χ2v) is 6.54. The van der Waals surface area contributed by atoms with E-state index in [-0.39, 0.29) is 5.91 Å². The molecule has 0 fully saturated rings. The van der Waals surface area contributed by atoms with Gasteiger partial charge in [-0.05, 0) is 60.5 Å². The predicted octanol–water partition coefficient (Wildman–Crippen LogP) is 3.81. The summed E-state index contributed by atoms with van der Waals surface area (Å²) in [4.78, 5) is 21.4. The molecule has 2 N–H and O–H groups in total. The Bertz CT molecular complexity index is 1040. The van der Waals surface area contributed by atoms with E-state index in [0.29, 0.717) is 35.3 Å². The average Bonchev–Trinajstić information content (AvgIpc) is 2.78. The number of methoxy groups -OCH3 is 2. The SMILES string of the molecule is COc1cccc(C(=O)NC(=NCc2ccncc2)Nc2cc(C)ccc2OC)c1. The Morgan fingerprint density at radius 2 is 1.83 bits per heavy atom. The van der Waals surface area contributed by atoms with Crippen LogP contribution >= 0.6 is 0 Å². The van der Waals surface area contributed by atoms with E-state index in [1.54, 1.807) is 50.9 Å². The molecule has 0 aliphatic heterocycles. The zero-order valence-corrected chi connectivity index (χ0v) is 17.2. The zero-order valence-electron chi connectivity index (χ0n) is 17.2. The van der Waals surface area contributed by atoms with Gasteiger partial charge >= 0.3 is 0 Å². The summed E-state index contributed by atoms with van der Waals surface area (Å²) in [6.45, 7) is 2.35. The Hall–Kier alpha value is -3.87. The minimum absolute atomic E-state index is 0.304. The second-order valence-electron chi connectivity index (χ2n) is 6.54. The molecule has 0 saturated carbocycles. The Kier molecular flexibility index (Phi) is 7.00. The number of carbonyl (C=O) groups is 1. The van der Waals surface area contributed by atoms with E-state index in [1.165, 1.54) is 0 Å². The number of guanidine groups is 1. The highest BCUT2D eigenvalue weighted by atomic mass is 16.5. The number of carbonyl (C=O) groups excluding carboxylic acids is 1. The Balaban J connectivity index is 1.87. The third-order valence-electron chi connectivity index (χ3n) is 4.34. The zero-order chi connectivity index (χ0) is 21.3. The maximum Gasteiger partial charge on any atom is 0.258 e. The van der Waals surface area contributed by atoms with E-state index in [1.807, 2.05) is 37.3 Å².